The van der Waals surface area contributed by atoms with Crippen LogP contribution in [-0.4, -0.2) is 21.3 Å². The van der Waals surface area contributed by atoms with Crippen molar-refractivity contribution in [1.29, 1.82) is 0 Å². The number of hydrogen-bond donors (Lipinski definition) is 3. The standard InChI is InChI=1S/C18H12O4S/c1-8-13-14(19)11-6-9-4-2-3-5-10(9)7-12(11)15(20)17(13)23-16(8)18(21)22/h2-7,19-20H,1H3,(H,21,22). The summed E-state index contributed by atoms with van der Waals surface area (Å²) in [6.07, 6.45) is 0. The Bertz CT molecular complexity index is 1120. The number of carbonyl (C=O) groups is 1. The van der Waals surface area contributed by atoms with Gasteiger partial charge in [-0.1, -0.05) is 24.3 Å². The number of rotatable bonds is 1. The van der Waals surface area contributed by atoms with Crippen LogP contribution in [0.15, 0.2) is 36.4 Å². The minimum Gasteiger partial charge on any atom is -0.507 e. The maximum Gasteiger partial charge on any atom is 0.346 e. The van der Waals surface area contributed by atoms with Crippen LogP contribution < -0.4 is 0 Å². The predicted molar refractivity (Wildman–Crippen MR) is 91.9 cm³/mol. The lowest BCUT2D eigenvalue weighted by Crippen LogP contribution is -1.93. The number of aromatic hydroxyl groups is 2. The van der Waals surface area contributed by atoms with Crippen LogP contribution in [0.25, 0.3) is 31.6 Å². The monoisotopic (exact) mass is 324 g/mol. The number of carboxylic acid groups (broad SMARTS) is 1. The van der Waals surface area contributed by atoms with Crippen LogP contribution in [0.3, 0.4) is 0 Å². The van der Waals surface area contributed by atoms with Crippen molar-refractivity contribution >= 4 is 48.9 Å². The minimum absolute atomic E-state index is 0.0131. The maximum atomic E-state index is 11.3. The molecule has 0 unspecified atom stereocenters. The van der Waals surface area contributed by atoms with Gasteiger partial charge in [0.15, 0.2) is 0 Å². The lowest BCUT2D eigenvalue weighted by atomic mass is 9.99. The summed E-state index contributed by atoms with van der Waals surface area (Å²) in [6.45, 7) is 1.65. The van der Waals surface area contributed by atoms with Crippen molar-refractivity contribution in [2.75, 3.05) is 0 Å². The third-order valence-electron chi connectivity index (χ3n) is 4.19. The average Bonchev–Trinajstić information content (AvgIpc) is 2.89. The number of phenolic OH excluding ortho intramolecular Hbond substituents is 2. The van der Waals surface area contributed by atoms with Gasteiger partial charge in [0, 0.05) is 16.2 Å². The van der Waals surface area contributed by atoms with Gasteiger partial charge in [0.25, 0.3) is 0 Å². The Balaban J connectivity index is 2.26. The molecule has 0 saturated heterocycles. The summed E-state index contributed by atoms with van der Waals surface area (Å²) in [6, 6.07) is 11.3. The number of fused-ring (bicyclic) bond motifs is 3. The summed E-state index contributed by atoms with van der Waals surface area (Å²) in [4.78, 5) is 11.5. The van der Waals surface area contributed by atoms with Gasteiger partial charge in [0.05, 0.1) is 4.70 Å². The molecule has 0 atom stereocenters. The number of aromatic carboxylic acids is 1. The number of phenols is 2. The fourth-order valence-corrected chi connectivity index (χ4v) is 4.16. The maximum absolute atomic E-state index is 11.3. The van der Waals surface area contributed by atoms with Gasteiger partial charge in [-0.15, -0.1) is 11.3 Å². The lowest BCUT2D eigenvalue weighted by Gasteiger charge is -2.09. The fraction of sp³-hybridized carbons (Fsp3) is 0.0556. The molecule has 0 radical (unpaired) electrons. The first-order valence-electron chi connectivity index (χ1n) is 7.02. The molecule has 114 valence electrons. The highest BCUT2D eigenvalue weighted by molar-refractivity contribution is 7.21. The third kappa shape index (κ3) is 1.80. The summed E-state index contributed by atoms with van der Waals surface area (Å²) in [5, 5.41) is 33.9. The zero-order chi connectivity index (χ0) is 16.3. The first-order chi connectivity index (χ1) is 11.0. The number of hydrogen-bond acceptors (Lipinski definition) is 4. The molecule has 0 amide bonds. The second kappa shape index (κ2) is 4.60. The molecular weight excluding hydrogens is 312 g/mol. The van der Waals surface area contributed by atoms with Gasteiger partial charge < -0.3 is 15.3 Å². The Morgan fingerprint density at radius 2 is 1.57 bits per heavy atom. The first-order valence-corrected chi connectivity index (χ1v) is 7.83. The van der Waals surface area contributed by atoms with Crippen LogP contribution in [0.2, 0.25) is 0 Å². The second-order valence-corrected chi connectivity index (χ2v) is 6.53. The van der Waals surface area contributed by atoms with E-state index in [1.165, 1.54) is 0 Å². The van der Waals surface area contributed by atoms with Crippen molar-refractivity contribution in [3.63, 3.8) is 0 Å². The summed E-state index contributed by atoms with van der Waals surface area (Å²) in [7, 11) is 0. The van der Waals surface area contributed by atoms with Crippen LogP contribution in [0.4, 0.5) is 0 Å². The largest absolute Gasteiger partial charge is 0.507 e. The molecule has 4 nitrogen and oxygen atoms in total. The average molecular weight is 324 g/mol. The molecule has 3 N–H and O–H groups in total. The Labute approximate surface area is 134 Å². The molecule has 5 heteroatoms. The Morgan fingerprint density at radius 3 is 2.13 bits per heavy atom. The van der Waals surface area contributed by atoms with E-state index in [2.05, 4.69) is 0 Å². The van der Waals surface area contributed by atoms with Gasteiger partial charge in [-0.05, 0) is 35.4 Å². The molecule has 1 heterocycles. The highest BCUT2D eigenvalue weighted by Crippen LogP contribution is 2.48. The van der Waals surface area contributed by atoms with E-state index in [4.69, 9.17) is 0 Å². The van der Waals surface area contributed by atoms with Gasteiger partial charge in [-0.2, -0.15) is 0 Å². The van der Waals surface area contributed by atoms with E-state index in [0.717, 1.165) is 22.1 Å². The molecule has 4 rings (SSSR count). The Hall–Kier alpha value is -2.79. The molecule has 0 saturated carbocycles. The number of thiophene rings is 1. The van der Waals surface area contributed by atoms with Crippen LogP contribution >= 0.6 is 11.3 Å². The van der Waals surface area contributed by atoms with Gasteiger partial charge in [0.1, 0.15) is 16.4 Å². The zero-order valence-electron chi connectivity index (χ0n) is 12.1. The van der Waals surface area contributed by atoms with Crippen molar-refractivity contribution in [1.82, 2.24) is 0 Å². The SMILES string of the molecule is Cc1c(C(=O)O)sc2c(O)c3cc4ccccc4cc3c(O)c12. The summed E-state index contributed by atoms with van der Waals surface area (Å²) >= 11 is 0.983. The van der Waals surface area contributed by atoms with Crippen molar-refractivity contribution in [2.45, 2.75) is 6.92 Å². The van der Waals surface area contributed by atoms with E-state index in [9.17, 15) is 20.1 Å². The van der Waals surface area contributed by atoms with Crippen LogP contribution in [0, 0.1) is 6.92 Å². The van der Waals surface area contributed by atoms with E-state index < -0.39 is 5.97 Å². The van der Waals surface area contributed by atoms with Crippen molar-refractivity contribution in [2.24, 2.45) is 0 Å². The van der Waals surface area contributed by atoms with Gasteiger partial charge in [0.2, 0.25) is 0 Å². The molecule has 1 aromatic heterocycles. The third-order valence-corrected chi connectivity index (χ3v) is 5.48. The quantitative estimate of drug-likeness (QED) is 0.352. The van der Waals surface area contributed by atoms with E-state index in [1.54, 1.807) is 6.92 Å². The van der Waals surface area contributed by atoms with E-state index in [1.807, 2.05) is 36.4 Å². The van der Waals surface area contributed by atoms with Crippen LogP contribution in [0.5, 0.6) is 11.5 Å². The Morgan fingerprint density at radius 1 is 1.00 bits per heavy atom. The first kappa shape index (κ1) is 13.8. The minimum atomic E-state index is -1.06. The van der Waals surface area contributed by atoms with Crippen molar-refractivity contribution < 1.29 is 20.1 Å². The molecule has 0 aliphatic rings. The number of aryl methyl sites for hydroxylation is 1. The molecule has 4 aromatic rings. The molecule has 0 spiro atoms. The smallest absolute Gasteiger partial charge is 0.346 e. The highest BCUT2D eigenvalue weighted by Gasteiger charge is 2.22. The number of benzene rings is 3. The molecule has 0 aliphatic carbocycles. The summed E-state index contributed by atoms with van der Waals surface area (Å²) in [5.74, 6) is -1.03. The van der Waals surface area contributed by atoms with Gasteiger partial charge in [-0.25, -0.2) is 4.79 Å². The Kier molecular flexibility index (Phi) is 2.77. The van der Waals surface area contributed by atoms with Crippen LogP contribution in [-0.2, 0) is 0 Å². The van der Waals surface area contributed by atoms with Crippen molar-refractivity contribution in [3.8, 4) is 11.5 Å². The van der Waals surface area contributed by atoms with E-state index >= 15 is 0 Å². The lowest BCUT2D eigenvalue weighted by molar-refractivity contribution is 0.0701. The van der Waals surface area contributed by atoms with E-state index in [-0.39, 0.29) is 16.4 Å². The van der Waals surface area contributed by atoms with Crippen molar-refractivity contribution in [3.05, 3.63) is 46.8 Å². The summed E-state index contributed by atoms with van der Waals surface area (Å²) in [5.41, 5.74) is 0.473. The molecule has 0 fully saturated rings. The zero-order valence-corrected chi connectivity index (χ0v) is 12.9. The highest BCUT2D eigenvalue weighted by atomic mass is 32.1. The summed E-state index contributed by atoms with van der Waals surface area (Å²) < 4.78 is 0.403. The predicted octanol–water partition coefficient (Wildman–Crippen LogP) is 4.63. The molecule has 0 aliphatic heterocycles. The molecule has 3 aromatic carbocycles. The molecule has 0 bridgehead atoms. The molecular formula is C18H12O4S. The molecule has 23 heavy (non-hydrogen) atoms. The van der Waals surface area contributed by atoms with Gasteiger partial charge >= 0.3 is 5.97 Å². The topological polar surface area (TPSA) is 77.8 Å². The normalized spacial score (nSPS) is 11.5. The number of carboxylic acids is 1. The van der Waals surface area contributed by atoms with Crippen LogP contribution in [0.1, 0.15) is 15.2 Å². The van der Waals surface area contributed by atoms with Gasteiger partial charge in [-0.3, -0.25) is 0 Å². The second-order valence-electron chi connectivity index (χ2n) is 5.51. The van der Waals surface area contributed by atoms with E-state index in [0.29, 0.717) is 26.4 Å². The fourth-order valence-electron chi connectivity index (χ4n) is 3.06.